The van der Waals surface area contributed by atoms with E-state index in [1.807, 2.05) is 12.1 Å². The average Bonchev–Trinajstić information content (AvgIpc) is 3.37. The topological polar surface area (TPSA) is 119 Å². The van der Waals surface area contributed by atoms with E-state index >= 15 is 0 Å². The summed E-state index contributed by atoms with van der Waals surface area (Å²) >= 11 is 1.43. The lowest BCUT2D eigenvalue weighted by atomic mass is 9.96. The first-order valence-corrected chi connectivity index (χ1v) is 13.9. The molecule has 0 unspecified atom stereocenters. The van der Waals surface area contributed by atoms with Crippen LogP contribution in [0.3, 0.4) is 0 Å². The van der Waals surface area contributed by atoms with Crippen molar-refractivity contribution in [3.63, 3.8) is 0 Å². The van der Waals surface area contributed by atoms with Crippen molar-refractivity contribution in [1.29, 1.82) is 0 Å². The second-order valence-corrected chi connectivity index (χ2v) is 11.5. The van der Waals surface area contributed by atoms with Gasteiger partial charge in [0.25, 0.3) is 5.91 Å². The molecule has 206 valence electrons. The molecule has 4 rings (SSSR count). The number of aromatic nitrogens is 1. The summed E-state index contributed by atoms with van der Waals surface area (Å²) in [6, 6.07) is 14.2. The Morgan fingerprint density at radius 2 is 1.59 bits per heavy atom. The molecule has 3 N–H and O–H groups in total. The minimum atomic E-state index is -0.640. The van der Waals surface area contributed by atoms with Crippen LogP contribution in [0.2, 0.25) is 0 Å². The lowest BCUT2D eigenvalue weighted by Gasteiger charge is -2.22. The number of carbonyl (C=O) groups is 3. The van der Waals surface area contributed by atoms with E-state index < -0.39 is 17.8 Å². The van der Waals surface area contributed by atoms with Gasteiger partial charge >= 0.3 is 12.2 Å². The van der Waals surface area contributed by atoms with Gasteiger partial charge in [0.05, 0.1) is 16.3 Å². The maximum Gasteiger partial charge on any atom is 0.412 e. The molecule has 0 aliphatic heterocycles. The number of hydrogen-bond acceptors (Lipinski definition) is 7. The van der Waals surface area contributed by atoms with Gasteiger partial charge in [-0.2, -0.15) is 0 Å². The summed E-state index contributed by atoms with van der Waals surface area (Å²) in [5.74, 6) is -0.322. The van der Waals surface area contributed by atoms with Crippen LogP contribution in [0.5, 0.6) is 0 Å². The molecule has 0 spiro atoms. The van der Waals surface area contributed by atoms with E-state index in [1.165, 1.54) is 17.8 Å². The highest BCUT2D eigenvalue weighted by atomic mass is 32.1. The van der Waals surface area contributed by atoms with Gasteiger partial charge in [-0.15, -0.1) is 11.3 Å². The Kier molecular flexibility index (Phi) is 9.19. The van der Waals surface area contributed by atoms with Gasteiger partial charge in [0.1, 0.15) is 17.2 Å². The molecule has 1 aliphatic carbocycles. The molecule has 0 saturated heterocycles. The van der Waals surface area contributed by atoms with Gasteiger partial charge in [0.15, 0.2) is 0 Å². The summed E-state index contributed by atoms with van der Waals surface area (Å²) < 4.78 is 10.7. The quantitative estimate of drug-likeness (QED) is 0.292. The molecular formula is C29H34N4O5S. The summed E-state index contributed by atoms with van der Waals surface area (Å²) in [6.45, 7) is 5.50. The molecule has 0 atom stereocenters. The molecule has 3 amide bonds. The molecule has 0 bridgehead atoms. The fraction of sp³-hybridized carbons (Fsp3) is 0.379. The van der Waals surface area contributed by atoms with Crippen LogP contribution in [0.1, 0.15) is 68.1 Å². The predicted molar refractivity (Wildman–Crippen MR) is 152 cm³/mol. The van der Waals surface area contributed by atoms with Crippen molar-refractivity contribution >= 4 is 40.8 Å². The molecule has 2 aromatic carbocycles. The highest BCUT2D eigenvalue weighted by Gasteiger charge is 2.19. The Bertz CT molecular complexity index is 1290. The molecule has 1 aliphatic rings. The van der Waals surface area contributed by atoms with Crippen molar-refractivity contribution in [1.82, 2.24) is 10.3 Å². The van der Waals surface area contributed by atoms with Crippen LogP contribution in [0.25, 0.3) is 10.6 Å². The van der Waals surface area contributed by atoms with Crippen molar-refractivity contribution in [2.45, 2.75) is 71.1 Å². The lowest BCUT2D eigenvalue weighted by molar-refractivity contribution is 0.0635. The van der Waals surface area contributed by atoms with E-state index in [-0.39, 0.29) is 18.6 Å². The number of amides is 3. The number of rotatable bonds is 7. The molecule has 10 heteroatoms. The second-order valence-electron chi connectivity index (χ2n) is 10.4. The van der Waals surface area contributed by atoms with Gasteiger partial charge < -0.3 is 20.1 Å². The normalized spacial score (nSPS) is 13.8. The van der Waals surface area contributed by atoms with Crippen LogP contribution in [-0.4, -0.2) is 34.7 Å². The van der Waals surface area contributed by atoms with Crippen LogP contribution in [0.15, 0.2) is 54.7 Å². The zero-order chi connectivity index (χ0) is 27.8. The third kappa shape index (κ3) is 8.54. The number of anilines is 2. The first kappa shape index (κ1) is 28.1. The van der Waals surface area contributed by atoms with E-state index in [1.54, 1.807) is 63.4 Å². The van der Waals surface area contributed by atoms with Crippen molar-refractivity contribution in [2.24, 2.45) is 0 Å². The number of para-hydroxylation sites is 2. The highest BCUT2D eigenvalue weighted by Crippen LogP contribution is 2.27. The predicted octanol–water partition coefficient (Wildman–Crippen LogP) is 6.97. The summed E-state index contributed by atoms with van der Waals surface area (Å²) in [5.41, 5.74) is 1.54. The molecule has 9 nitrogen and oxygen atoms in total. The number of carbonyl (C=O) groups excluding carboxylic acids is 3. The summed E-state index contributed by atoms with van der Waals surface area (Å²) in [4.78, 5) is 42.5. The van der Waals surface area contributed by atoms with E-state index in [9.17, 15) is 14.4 Å². The number of nitrogens with zero attached hydrogens (tertiary/aromatic N) is 1. The molecular weight excluding hydrogens is 516 g/mol. The van der Waals surface area contributed by atoms with Crippen LogP contribution in [-0.2, 0) is 16.1 Å². The van der Waals surface area contributed by atoms with E-state index in [2.05, 4.69) is 20.9 Å². The standard InChI is InChI=1S/C29H34N4O5S/c1-29(2,3)38-28(36)33-24-12-8-7-11-23(24)32-25(34)19-13-15-20(16-14-19)26-30-17-22(39-26)18-37-27(35)31-21-9-5-4-6-10-21/h7-8,11-17,21H,4-6,9-10,18H2,1-3H3,(H,31,35)(H,32,34)(H,33,36). The van der Waals surface area contributed by atoms with E-state index in [0.717, 1.165) is 41.1 Å². The van der Waals surface area contributed by atoms with Gasteiger partial charge in [0.2, 0.25) is 0 Å². The van der Waals surface area contributed by atoms with Crippen LogP contribution in [0, 0.1) is 0 Å². The Hall–Kier alpha value is -3.92. The molecule has 1 saturated carbocycles. The monoisotopic (exact) mass is 550 g/mol. The largest absolute Gasteiger partial charge is 0.444 e. The van der Waals surface area contributed by atoms with Crippen molar-refractivity contribution in [3.05, 3.63) is 65.2 Å². The van der Waals surface area contributed by atoms with Crippen molar-refractivity contribution < 1.29 is 23.9 Å². The third-order valence-corrected chi connectivity index (χ3v) is 7.05. The lowest BCUT2D eigenvalue weighted by Crippen LogP contribution is -2.36. The van der Waals surface area contributed by atoms with Gasteiger partial charge in [-0.05, 0) is 57.9 Å². The van der Waals surface area contributed by atoms with Gasteiger partial charge in [-0.25, -0.2) is 14.6 Å². The summed E-state index contributed by atoms with van der Waals surface area (Å²) in [6.07, 6.45) is 6.21. The third-order valence-electron chi connectivity index (χ3n) is 6.03. The van der Waals surface area contributed by atoms with Crippen LogP contribution in [0.4, 0.5) is 21.0 Å². The van der Waals surface area contributed by atoms with E-state index in [4.69, 9.17) is 9.47 Å². The number of ether oxygens (including phenoxy) is 2. The summed E-state index contributed by atoms with van der Waals surface area (Å²) in [7, 11) is 0. The maximum absolute atomic E-state index is 12.9. The van der Waals surface area contributed by atoms with Gasteiger partial charge in [-0.3, -0.25) is 10.1 Å². The van der Waals surface area contributed by atoms with Crippen molar-refractivity contribution in [2.75, 3.05) is 10.6 Å². The van der Waals surface area contributed by atoms with Crippen LogP contribution < -0.4 is 16.0 Å². The summed E-state index contributed by atoms with van der Waals surface area (Å²) in [5, 5.41) is 9.22. The number of benzene rings is 2. The highest BCUT2D eigenvalue weighted by molar-refractivity contribution is 7.15. The minimum absolute atomic E-state index is 0.160. The average molecular weight is 551 g/mol. The number of alkyl carbamates (subject to hydrolysis) is 1. The second kappa shape index (κ2) is 12.8. The van der Waals surface area contributed by atoms with Gasteiger partial charge in [0, 0.05) is 23.4 Å². The first-order chi connectivity index (χ1) is 18.7. The Morgan fingerprint density at radius 1 is 0.923 bits per heavy atom. The molecule has 39 heavy (non-hydrogen) atoms. The molecule has 3 aromatic rings. The van der Waals surface area contributed by atoms with Crippen LogP contribution >= 0.6 is 11.3 Å². The Balaban J connectivity index is 1.32. The first-order valence-electron chi connectivity index (χ1n) is 13.0. The number of nitrogens with one attached hydrogen (secondary N) is 3. The molecule has 1 aromatic heterocycles. The fourth-order valence-electron chi connectivity index (χ4n) is 4.17. The molecule has 1 fully saturated rings. The maximum atomic E-state index is 12.9. The number of hydrogen-bond donors (Lipinski definition) is 3. The minimum Gasteiger partial charge on any atom is -0.444 e. The number of thiazole rings is 1. The Labute approximate surface area is 232 Å². The zero-order valence-electron chi connectivity index (χ0n) is 22.4. The molecule has 1 heterocycles. The Morgan fingerprint density at radius 3 is 2.26 bits per heavy atom. The smallest absolute Gasteiger partial charge is 0.412 e. The van der Waals surface area contributed by atoms with Gasteiger partial charge in [-0.1, -0.05) is 43.5 Å². The zero-order valence-corrected chi connectivity index (χ0v) is 23.2. The SMILES string of the molecule is CC(C)(C)OC(=O)Nc1ccccc1NC(=O)c1ccc(-c2ncc(COC(=O)NC3CCCCC3)s2)cc1. The van der Waals surface area contributed by atoms with E-state index in [0.29, 0.717) is 16.9 Å². The molecule has 0 radical (unpaired) electrons. The fourth-order valence-corrected chi connectivity index (χ4v) is 5.00. The van der Waals surface area contributed by atoms with Crippen molar-refractivity contribution in [3.8, 4) is 10.6 Å².